The first-order valence-corrected chi connectivity index (χ1v) is 6.96. The zero-order valence-electron chi connectivity index (χ0n) is 12.8. The molecule has 7 heteroatoms. The van der Waals surface area contributed by atoms with Gasteiger partial charge in [0.15, 0.2) is 0 Å². The summed E-state index contributed by atoms with van der Waals surface area (Å²) in [4.78, 5) is 13.1. The molecule has 0 radical (unpaired) electrons. The van der Waals surface area contributed by atoms with Crippen LogP contribution in [0.15, 0.2) is 24.3 Å². The van der Waals surface area contributed by atoms with Gasteiger partial charge in [-0.3, -0.25) is 0 Å². The molecule has 0 bridgehead atoms. The van der Waals surface area contributed by atoms with Crippen molar-refractivity contribution in [1.29, 1.82) is 0 Å². The molecule has 22 heavy (non-hydrogen) atoms. The molecule has 0 spiro atoms. The van der Waals surface area contributed by atoms with Gasteiger partial charge >= 0.3 is 12.2 Å². The molecule has 0 saturated carbocycles. The Hall–Kier alpha value is -1.76. The number of likely N-dealkylation sites (N-methyl/N-ethyl adjacent to an activating group) is 1. The number of carbonyl (C=O) groups excluding carboxylic acids is 1. The fourth-order valence-electron chi connectivity index (χ4n) is 2.16. The van der Waals surface area contributed by atoms with Crippen LogP contribution in [-0.2, 0) is 12.6 Å². The summed E-state index contributed by atoms with van der Waals surface area (Å²) in [5.74, 6) is 0. The highest BCUT2D eigenvalue weighted by molar-refractivity contribution is 5.74. The second-order valence-corrected chi connectivity index (χ2v) is 5.44. The van der Waals surface area contributed by atoms with Crippen molar-refractivity contribution in [2.45, 2.75) is 38.6 Å². The lowest BCUT2D eigenvalue weighted by molar-refractivity contribution is -0.138. The lowest BCUT2D eigenvalue weighted by Gasteiger charge is -2.23. The molecule has 0 heterocycles. The first-order valence-electron chi connectivity index (χ1n) is 6.96. The molecule has 2 N–H and O–H groups in total. The minimum atomic E-state index is -4.41. The normalized spacial score (nSPS) is 14.3. The van der Waals surface area contributed by atoms with E-state index in [1.165, 1.54) is 24.1 Å². The third kappa shape index (κ3) is 5.55. The van der Waals surface area contributed by atoms with Crippen LogP contribution in [0.5, 0.6) is 0 Å². The topological polar surface area (TPSA) is 52.6 Å². The molecule has 0 aromatic heterocycles. The van der Waals surface area contributed by atoms with Gasteiger partial charge in [0.05, 0.1) is 11.7 Å². The van der Waals surface area contributed by atoms with Crippen LogP contribution in [0.3, 0.4) is 0 Å². The molecule has 0 aliphatic heterocycles. The summed E-state index contributed by atoms with van der Waals surface area (Å²) in [6.45, 7) is 3.34. The summed E-state index contributed by atoms with van der Waals surface area (Å²) >= 11 is 0. The SMILES string of the molecule is C[C@@H](O)CN(C)C(=O)N[C@@H](C)Cc1ccccc1C(F)(F)F. The summed E-state index contributed by atoms with van der Waals surface area (Å²) in [6.07, 6.45) is -5.01. The van der Waals surface area contributed by atoms with E-state index in [0.717, 1.165) is 6.07 Å². The average molecular weight is 318 g/mol. The third-order valence-corrected chi connectivity index (χ3v) is 3.10. The summed E-state index contributed by atoms with van der Waals surface area (Å²) in [5, 5.41) is 11.8. The molecule has 2 atom stereocenters. The highest BCUT2D eigenvalue weighted by Crippen LogP contribution is 2.32. The lowest BCUT2D eigenvalue weighted by atomic mass is 10.0. The molecule has 0 aliphatic rings. The predicted molar refractivity (Wildman–Crippen MR) is 77.5 cm³/mol. The highest BCUT2D eigenvalue weighted by Gasteiger charge is 2.33. The molecule has 124 valence electrons. The quantitative estimate of drug-likeness (QED) is 0.877. The minimum absolute atomic E-state index is 0.0734. The summed E-state index contributed by atoms with van der Waals surface area (Å²) in [6, 6.07) is 4.42. The maximum atomic E-state index is 12.9. The van der Waals surface area contributed by atoms with Crippen molar-refractivity contribution in [3.05, 3.63) is 35.4 Å². The van der Waals surface area contributed by atoms with Gasteiger partial charge in [-0.25, -0.2) is 4.79 Å². The molecule has 4 nitrogen and oxygen atoms in total. The molecule has 2 amide bonds. The number of aliphatic hydroxyl groups excluding tert-OH is 1. The number of aliphatic hydroxyl groups is 1. The molecule has 0 aliphatic carbocycles. The van der Waals surface area contributed by atoms with Gasteiger partial charge in [-0.05, 0) is 31.9 Å². The summed E-state index contributed by atoms with van der Waals surface area (Å²) in [7, 11) is 1.51. The highest BCUT2D eigenvalue weighted by atomic mass is 19.4. The number of hydrogen-bond acceptors (Lipinski definition) is 2. The number of alkyl halides is 3. The number of hydrogen-bond donors (Lipinski definition) is 2. The smallest absolute Gasteiger partial charge is 0.392 e. The number of urea groups is 1. The Bertz CT molecular complexity index is 504. The number of halogens is 3. The Morgan fingerprint density at radius 3 is 2.45 bits per heavy atom. The van der Waals surface area contributed by atoms with E-state index in [4.69, 9.17) is 0 Å². The zero-order chi connectivity index (χ0) is 16.9. The van der Waals surface area contributed by atoms with Gasteiger partial charge in [0.25, 0.3) is 0 Å². The van der Waals surface area contributed by atoms with Crippen molar-refractivity contribution in [3.63, 3.8) is 0 Å². The Morgan fingerprint density at radius 2 is 1.91 bits per heavy atom. The van der Waals surface area contributed by atoms with Gasteiger partial charge in [-0.2, -0.15) is 13.2 Å². The van der Waals surface area contributed by atoms with Crippen LogP contribution < -0.4 is 5.32 Å². The Morgan fingerprint density at radius 1 is 1.32 bits per heavy atom. The van der Waals surface area contributed by atoms with Gasteiger partial charge < -0.3 is 15.3 Å². The lowest BCUT2D eigenvalue weighted by Crippen LogP contribution is -2.45. The minimum Gasteiger partial charge on any atom is -0.392 e. The van der Waals surface area contributed by atoms with E-state index >= 15 is 0 Å². The van der Waals surface area contributed by atoms with Crippen molar-refractivity contribution in [2.24, 2.45) is 0 Å². The van der Waals surface area contributed by atoms with Gasteiger partial charge in [-0.15, -0.1) is 0 Å². The van der Waals surface area contributed by atoms with Crippen LogP contribution in [0.2, 0.25) is 0 Å². The van der Waals surface area contributed by atoms with E-state index in [9.17, 15) is 23.1 Å². The second-order valence-electron chi connectivity index (χ2n) is 5.44. The zero-order valence-corrected chi connectivity index (χ0v) is 12.8. The van der Waals surface area contributed by atoms with Gasteiger partial charge in [-0.1, -0.05) is 18.2 Å². The molecule has 1 aromatic rings. The van der Waals surface area contributed by atoms with Crippen LogP contribution in [0, 0.1) is 0 Å². The van der Waals surface area contributed by atoms with Gasteiger partial charge in [0.1, 0.15) is 0 Å². The molecular weight excluding hydrogens is 297 g/mol. The van der Waals surface area contributed by atoms with E-state index < -0.39 is 29.9 Å². The summed E-state index contributed by atoms with van der Waals surface area (Å²) < 4.78 is 38.7. The fraction of sp³-hybridized carbons (Fsp3) is 0.533. The van der Waals surface area contributed by atoms with Crippen molar-refractivity contribution < 1.29 is 23.1 Å². The van der Waals surface area contributed by atoms with E-state index in [1.807, 2.05) is 0 Å². The number of benzene rings is 1. The number of rotatable bonds is 5. The number of nitrogens with zero attached hydrogens (tertiary/aromatic N) is 1. The van der Waals surface area contributed by atoms with Crippen molar-refractivity contribution in [1.82, 2.24) is 10.2 Å². The van der Waals surface area contributed by atoms with Gasteiger partial charge in [0, 0.05) is 19.6 Å². The van der Waals surface area contributed by atoms with Crippen LogP contribution in [-0.4, -0.2) is 41.8 Å². The van der Waals surface area contributed by atoms with Crippen LogP contribution in [0.25, 0.3) is 0 Å². The number of carbonyl (C=O) groups is 1. The standard InChI is InChI=1S/C15H21F3N2O2/c1-10(19-14(22)20(3)9-11(2)21)8-12-6-4-5-7-13(12)15(16,17)18/h4-7,10-11,21H,8-9H2,1-3H3,(H,19,22)/t10-,11+/m0/s1. The van der Waals surface area contributed by atoms with Crippen LogP contribution >= 0.6 is 0 Å². The largest absolute Gasteiger partial charge is 0.416 e. The van der Waals surface area contributed by atoms with Crippen LogP contribution in [0.1, 0.15) is 25.0 Å². The molecule has 0 unspecified atom stereocenters. The fourth-order valence-corrected chi connectivity index (χ4v) is 2.16. The maximum absolute atomic E-state index is 12.9. The first kappa shape index (κ1) is 18.3. The Balaban J connectivity index is 2.70. The third-order valence-electron chi connectivity index (χ3n) is 3.10. The molecular formula is C15H21F3N2O2. The molecule has 0 saturated heterocycles. The number of nitrogens with one attached hydrogen (secondary N) is 1. The van der Waals surface area contributed by atoms with E-state index in [0.29, 0.717) is 0 Å². The average Bonchev–Trinajstić information content (AvgIpc) is 2.36. The number of amides is 2. The van der Waals surface area contributed by atoms with E-state index in [-0.39, 0.29) is 18.5 Å². The van der Waals surface area contributed by atoms with E-state index in [2.05, 4.69) is 5.32 Å². The summed E-state index contributed by atoms with van der Waals surface area (Å²) in [5.41, 5.74) is -0.547. The van der Waals surface area contributed by atoms with Crippen LogP contribution in [0.4, 0.5) is 18.0 Å². The molecule has 1 rings (SSSR count). The molecule has 0 fully saturated rings. The predicted octanol–water partition coefficient (Wildman–Crippen LogP) is 2.66. The monoisotopic (exact) mass is 318 g/mol. The Labute approximate surface area is 127 Å². The second kappa shape index (κ2) is 7.49. The van der Waals surface area contributed by atoms with Gasteiger partial charge in [0.2, 0.25) is 0 Å². The molecule has 1 aromatic carbocycles. The Kier molecular flexibility index (Phi) is 6.22. The maximum Gasteiger partial charge on any atom is 0.416 e. The van der Waals surface area contributed by atoms with E-state index in [1.54, 1.807) is 19.9 Å². The first-order chi connectivity index (χ1) is 10.1. The van der Waals surface area contributed by atoms with Crippen molar-refractivity contribution >= 4 is 6.03 Å². The van der Waals surface area contributed by atoms with Crippen molar-refractivity contribution in [3.8, 4) is 0 Å². The van der Waals surface area contributed by atoms with Crippen molar-refractivity contribution in [2.75, 3.05) is 13.6 Å².